The number of nitrogens with zero attached hydrogens (tertiary/aromatic N) is 2. The third-order valence-electron chi connectivity index (χ3n) is 4.42. The van der Waals surface area contributed by atoms with E-state index in [0.717, 1.165) is 11.4 Å². The number of hydrazone groups is 1. The second-order valence-corrected chi connectivity index (χ2v) is 10.5. The molecule has 2 heterocycles. The molecule has 1 aliphatic heterocycles. The number of rotatable bonds is 7. The number of hydrogen-bond acceptors (Lipinski definition) is 5. The zero-order valence-corrected chi connectivity index (χ0v) is 19.8. The Hall–Kier alpha value is -1.91. The first kappa shape index (κ1) is 21.3. The van der Waals surface area contributed by atoms with Gasteiger partial charge in [-0.05, 0) is 76.7 Å². The van der Waals surface area contributed by atoms with Crippen LogP contribution in [-0.2, 0) is 4.79 Å². The lowest BCUT2D eigenvalue weighted by atomic mass is 10.2. The predicted octanol–water partition coefficient (Wildman–Crippen LogP) is 5.09. The second kappa shape index (κ2) is 10.4. The Labute approximate surface area is 197 Å². The molecular formula is C22H20IN3O2S2. The van der Waals surface area contributed by atoms with Crippen molar-refractivity contribution >= 4 is 58.2 Å². The molecule has 1 aliphatic rings. The largest absolute Gasteiger partial charge is 0.484 e. The highest BCUT2D eigenvalue weighted by atomic mass is 127. The number of ether oxygens (including phenoxy) is 1. The van der Waals surface area contributed by atoms with Crippen LogP contribution in [0.2, 0.25) is 0 Å². The molecule has 1 saturated heterocycles. The number of carbonyl (C=O) groups excluding carboxylic acids is 1. The number of benzene rings is 2. The van der Waals surface area contributed by atoms with Crippen LogP contribution in [0.5, 0.6) is 5.75 Å². The van der Waals surface area contributed by atoms with Gasteiger partial charge in [-0.3, -0.25) is 4.79 Å². The molecule has 1 aromatic heterocycles. The van der Waals surface area contributed by atoms with Crippen LogP contribution in [0.4, 0.5) is 0 Å². The number of amides is 1. The van der Waals surface area contributed by atoms with Gasteiger partial charge in [0.15, 0.2) is 6.61 Å². The molecule has 1 N–H and O–H groups in total. The molecule has 0 saturated carbocycles. The SMILES string of the molecule is O=C(COc1ccc(C2SCCS2)cc1)N/N=C\c1cccn1-c1ccc(I)cc1. The van der Waals surface area contributed by atoms with Crippen LogP contribution in [0.15, 0.2) is 72.0 Å². The van der Waals surface area contributed by atoms with Crippen LogP contribution in [0, 0.1) is 3.57 Å². The molecule has 4 rings (SSSR count). The highest BCUT2D eigenvalue weighted by Crippen LogP contribution is 2.45. The van der Waals surface area contributed by atoms with Gasteiger partial charge in [0.2, 0.25) is 0 Å². The molecule has 1 fully saturated rings. The normalized spacial score (nSPS) is 14.3. The molecule has 0 atom stereocenters. The van der Waals surface area contributed by atoms with E-state index in [0.29, 0.717) is 10.3 Å². The quantitative estimate of drug-likeness (QED) is 0.254. The fourth-order valence-corrected chi connectivity index (χ4v) is 6.18. The summed E-state index contributed by atoms with van der Waals surface area (Å²) in [4.78, 5) is 12.0. The lowest BCUT2D eigenvalue weighted by Crippen LogP contribution is -2.24. The Kier molecular flexibility index (Phi) is 7.40. The monoisotopic (exact) mass is 549 g/mol. The van der Waals surface area contributed by atoms with Crippen molar-refractivity contribution in [2.75, 3.05) is 18.1 Å². The van der Waals surface area contributed by atoms with Crippen LogP contribution in [0.25, 0.3) is 5.69 Å². The lowest BCUT2D eigenvalue weighted by molar-refractivity contribution is -0.123. The van der Waals surface area contributed by atoms with E-state index in [4.69, 9.17) is 4.74 Å². The smallest absolute Gasteiger partial charge is 0.277 e. The maximum atomic E-state index is 12.0. The van der Waals surface area contributed by atoms with Gasteiger partial charge in [-0.15, -0.1) is 23.5 Å². The van der Waals surface area contributed by atoms with E-state index >= 15 is 0 Å². The van der Waals surface area contributed by atoms with Gasteiger partial charge in [-0.1, -0.05) is 12.1 Å². The molecule has 0 spiro atoms. The van der Waals surface area contributed by atoms with Crippen LogP contribution in [0.3, 0.4) is 0 Å². The van der Waals surface area contributed by atoms with E-state index in [1.54, 1.807) is 6.21 Å². The van der Waals surface area contributed by atoms with Crippen molar-refractivity contribution < 1.29 is 9.53 Å². The van der Waals surface area contributed by atoms with Crippen LogP contribution in [0.1, 0.15) is 15.8 Å². The fourth-order valence-electron chi connectivity index (χ4n) is 2.96. The van der Waals surface area contributed by atoms with E-state index < -0.39 is 0 Å². The summed E-state index contributed by atoms with van der Waals surface area (Å²) in [5.41, 5.74) is 5.72. The van der Waals surface area contributed by atoms with Gasteiger partial charge in [0.05, 0.1) is 16.5 Å². The zero-order chi connectivity index (χ0) is 20.8. The van der Waals surface area contributed by atoms with Crippen molar-refractivity contribution in [2.24, 2.45) is 5.10 Å². The van der Waals surface area contributed by atoms with Gasteiger partial charge in [0, 0.05) is 27.0 Å². The first-order valence-corrected chi connectivity index (χ1v) is 12.6. The predicted molar refractivity (Wildman–Crippen MR) is 134 cm³/mol. The fraction of sp³-hybridized carbons (Fsp3) is 0.182. The number of thioether (sulfide) groups is 2. The van der Waals surface area contributed by atoms with Crippen molar-refractivity contribution in [1.29, 1.82) is 0 Å². The van der Waals surface area contributed by atoms with E-state index in [9.17, 15) is 4.79 Å². The van der Waals surface area contributed by atoms with Crippen molar-refractivity contribution in [3.05, 3.63) is 81.7 Å². The summed E-state index contributed by atoms with van der Waals surface area (Å²) in [6.45, 7) is -0.0816. The summed E-state index contributed by atoms with van der Waals surface area (Å²) in [5.74, 6) is 2.77. The van der Waals surface area contributed by atoms with Crippen molar-refractivity contribution in [3.63, 3.8) is 0 Å². The average molecular weight is 549 g/mol. The molecule has 3 aromatic rings. The highest BCUT2D eigenvalue weighted by molar-refractivity contribution is 14.1. The lowest BCUT2D eigenvalue weighted by Gasteiger charge is -2.10. The highest BCUT2D eigenvalue weighted by Gasteiger charge is 2.17. The Balaban J connectivity index is 1.27. The number of hydrogen-bond donors (Lipinski definition) is 1. The number of aromatic nitrogens is 1. The third kappa shape index (κ3) is 5.61. The molecule has 154 valence electrons. The van der Waals surface area contributed by atoms with Gasteiger partial charge in [-0.25, -0.2) is 5.43 Å². The molecular weight excluding hydrogens is 529 g/mol. The summed E-state index contributed by atoms with van der Waals surface area (Å²) < 4.78 is 9.26. The minimum Gasteiger partial charge on any atom is -0.484 e. The molecule has 0 bridgehead atoms. The number of carbonyl (C=O) groups is 1. The molecule has 2 aromatic carbocycles. The Bertz CT molecular complexity index is 1010. The van der Waals surface area contributed by atoms with Crippen LogP contribution < -0.4 is 10.2 Å². The summed E-state index contributed by atoms with van der Waals surface area (Å²) >= 11 is 6.21. The van der Waals surface area contributed by atoms with Crippen molar-refractivity contribution in [3.8, 4) is 11.4 Å². The van der Waals surface area contributed by atoms with Crippen LogP contribution >= 0.6 is 46.1 Å². The van der Waals surface area contributed by atoms with Crippen molar-refractivity contribution in [2.45, 2.75) is 4.58 Å². The Morgan fingerprint density at radius 2 is 1.87 bits per heavy atom. The Morgan fingerprint density at radius 3 is 2.60 bits per heavy atom. The molecule has 8 heteroatoms. The second-order valence-electron chi connectivity index (χ2n) is 6.50. The third-order valence-corrected chi connectivity index (χ3v) is 8.24. The van der Waals surface area contributed by atoms with Gasteiger partial charge in [0.25, 0.3) is 5.91 Å². The average Bonchev–Trinajstić information content (AvgIpc) is 3.46. The number of nitrogens with one attached hydrogen (secondary N) is 1. The maximum Gasteiger partial charge on any atom is 0.277 e. The summed E-state index contributed by atoms with van der Waals surface area (Å²) in [6.07, 6.45) is 3.59. The zero-order valence-electron chi connectivity index (χ0n) is 16.0. The standard InChI is InChI=1S/C22H20IN3O2S2/c23-17-5-7-18(8-6-17)26-11-1-2-19(26)14-24-25-21(27)15-28-20-9-3-16(4-10-20)22-29-12-13-30-22/h1-11,14,22H,12-13,15H2,(H,25,27)/b24-14-. The van der Waals surface area contributed by atoms with E-state index in [1.165, 1.54) is 20.6 Å². The molecule has 0 aliphatic carbocycles. The minimum absolute atomic E-state index is 0.0816. The minimum atomic E-state index is -0.301. The summed E-state index contributed by atoms with van der Waals surface area (Å²) in [7, 11) is 0. The molecule has 1 amide bonds. The topological polar surface area (TPSA) is 55.6 Å². The van der Waals surface area contributed by atoms with E-state index in [1.807, 2.05) is 82.8 Å². The number of halogens is 1. The van der Waals surface area contributed by atoms with Gasteiger partial charge in [0.1, 0.15) is 5.75 Å². The van der Waals surface area contributed by atoms with Crippen LogP contribution in [-0.4, -0.2) is 34.8 Å². The molecule has 30 heavy (non-hydrogen) atoms. The maximum absolute atomic E-state index is 12.0. The summed E-state index contributed by atoms with van der Waals surface area (Å²) in [6, 6.07) is 20.0. The van der Waals surface area contributed by atoms with E-state index in [2.05, 4.69) is 45.3 Å². The van der Waals surface area contributed by atoms with Gasteiger partial charge < -0.3 is 9.30 Å². The molecule has 5 nitrogen and oxygen atoms in total. The molecule has 0 radical (unpaired) electrons. The molecule has 0 unspecified atom stereocenters. The first-order valence-electron chi connectivity index (χ1n) is 9.40. The van der Waals surface area contributed by atoms with Gasteiger partial charge >= 0.3 is 0 Å². The van der Waals surface area contributed by atoms with Crippen molar-refractivity contribution in [1.82, 2.24) is 9.99 Å². The van der Waals surface area contributed by atoms with Gasteiger partial charge in [-0.2, -0.15) is 5.10 Å². The summed E-state index contributed by atoms with van der Waals surface area (Å²) in [5, 5.41) is 4.06. The van der Waals surface area contributed by atoms with E-state index in [-0.39, 0.29) is 12.5 Å². The Morgan fingerprint density at radius 1 is 1.13 bits per heavy atom. The first-order chi connectivity index (χ1) is 14.7.